The minimum absolute atomic E-state index is 0.0231. The second kappa shape index (κ2) is 11.5. The van der Waals surface area contributed by atoms with Crippen molar-refractivity contribution in [2.24, 2.45) is 0 Å². The van der Waals surface area contributed by atoms with Gasteiger partial charge in [-0.1, -0.05) is 12.1 Å². The zero-order valence-corrected chi connectivity index (χ0v) is 24.1. The van der Waals surface area contributed by atoms with Gasteiger partial charge >= 0.3 is 24.3 Å². The molecule has 0 saturated heterocycles. The monoisotopic (exact) mass is 636 g/mol. The van der Waals surface area contributed by atoms with Crippen molar-refractivity contribution in [3.05, 3.63) is 82.2 Å². The van der Waals surface area contributed by atoms with Crippen molar-refractivity contribution in [2.45, 2.75) is 39.3 Å². The molecule has 4 heterocycles. The van der Waals surface area contributed by atoms with Crippen LogP contribution in [-0.4, -0.2) is 56.8 Å². The van der Waals surface area contributed by atoms with Crippen LogP contribution in [0.15, 0.2) is 48.5 Å². The molecule has 2 aromatic carbocycles. The lowest BCUT2D eigenvalue weighted by Crippen LogP contribution is -2.18. The zero-order chi connectivity index (χ0) is 32.8. The topological polar surface area (TPSA) is 106 Å². The van der Waals surface area contributed by atoms with Gasteiger partial charge in [-0.05, 0) is 50.2 Å². The van der Waals surface area contributed by atoms with E-state index in [1.807, 2.05) is 0 Å². The minimum Gasteiger partial charge on any atom is -0.477 e. The van der Waals surface area contributed by atoms with Crippen LogP contribution in [0, 0.1) is 13.8 Å². The van der Waals surface area contributed by atoms with Crippen LogP contribution in [0.1, 0.15) is 43.2 Å². The molecule has 2 aliphatic rings. The highest BCUT2D eigenvalue weighted by Gasteiger charge is 2.36. The summed E-state index contributed by atoms with van der Waals surface area (Å²) in [7, 11) is 1.26. The minimum atomic E-state index is -4.44. The third-order valence-electron chi connectivity index (χ3n) is 7.36. The molecule has 0 bridgehead atoms. The lowest BCUT2D eigenvalue weighted by atomic mass is 10.1. The lowest BCUT2D eigenvalue weighted by Gasteiger charge is -2.20. The van der Waals surface area contributed by atoms with Crippen molar-refractivity contribution in [1.82, 2.24) is 19.6 Å². The first-order chi connectivity index (χ1) is 21.1. The molecule has 0 aliphatic carbocycles. The summed E-state index contributed by atoms with van der Waals surface area (Å²) in [4.78, 5) is 26.6. The molecule has 1 N–H and O–H groups in total. The number of carboxylic acids is 1. The molecule has 0 saturated carbocycles. The highest BCUT2D eigenvalue weighted by Crippen LogP contribution is 2.39. The Labute approximate surface area is 252 Å². The summed E-state index contributed by atoms with van der Waals surface area (Å²) >= 11 is 0. The number of aromatic carboxylic acids is 1. The Morgan fingerprint density at radius 3 is 1.56 bits per heavy atom. The normalized spacial score (nSPS) is 14.2. The van der Waals surface area contributed by atoms with Crippen LogP contribution in [0.2, 0.25) is 0 Å². The molecule has 0 unspecified atom stereocenters. The summed E-state index contributed by atoms with van der Waals surface area (Å²) in [5.74, 6) is -0.904. The quantitative estimate of drug-likeness (QED) is 0.208. The van der Waals surface area contributed by atoms with Gasteiger partial charge in [0.15, 0.2) is 0 Å². The molecule has 0 amide bonds. The number of hydrogen-bond acceptors (Lipinski definition) is 7. The van der Waals surface area contributed by atoms with Crippen LogP contribution in [0.4, 0.5) is 49.4 Å². The Kier molecular flexibility index (Phi) is 8.01. The highest BCUT2D eigenvalue weighted by atomic mass is 19.4. The van der Waals surface area contributed by atoms with Crippen molar-refractivity contribution < 1.29 is 45.8 Å². The number of aryl methyl sites for hydroxylation is 2. The Morgan fingerprint density at radius 2 is 1.16 bits per heavy atom. The maximum atomic E-state index is 12.9. The fraction of sp³-hybridized carbons (Fsp3) is 0.310. The molecular formula is C29H26F6N6O4. The molecule has 0 radical (unpaired) electrons. The number of rotatable bonds is 4. The van der Waals surface area contributed by atoms with E-state index < -0.39 is 35.4 Å². The summed E-state index contributed by atoms with van der Waals surface area (Å²) in [5, 5.41) is 17.7. The summed E-state index contributed by atoms with van der Waals surface area (Å²) in [6.07, 6.45) is -8.86. The Bertz CT molecular complexity index is 1780. The number of ether oxygens (including phenoxy) is 1. The first-order valence-electron chi connectivity index (χ1n) is 13.5. The Balaban J connectivity index is 0.000000178. The Hall–Kier alpha value is -5.02. The fourth-order valence-corrected chi connectivity index (χ4v) is 5.39. The van der Waals surface area contributed by atoms with E-state index in [1.54, 1.807) is 34.4 Å². The van der Waals surface area contributed by atoms with Crippen LogP contribution in [0.5, 0.6) is 0 Å². The van der Waals surface area contributed by atoms with Gasteiger partial charge in [-0.15, -0.1) is 0 Å². The van der Waals surface area contributed by atoms with E-state index in [2.05, 4.69) is 10.2 Å². The molecule has 238 valence electrons. The number of esters is 1. The number of halogens is 6. The second-order valence-corrected chi connectivity index (χ2v) is 10.2. The lowest BCUT2D eigenvalue weighted by molar-refractivity contribution is -0.138. The number of benzene rings is 2. The molecule has 16 heteroatoms. The van der Waals surface area contributed by atoms with Gasteiger partial charge in [0.2, 0.25) is 0 Å². The summed E-state index contributed by atoms with van der Waals surface area (Å²) in [6, 6.07) is 9.85. The zero-order valence-electron chi connectivity index (χ0n) is 24.1. The molecule has 2 aliphatic heterocycles. The van der Waals surface area contributed by atoms with E-state index in [-0.39, 0.29) is 11.1 Å². The maximum Gasteiger partial charge on any atom is 0.416 e. The van der Waals surface area contributed by atoms with Gasteiger partial charge in [-0.2, -0.15) is 36.5 Å². The number of anilines is 4. The number of hydrogen-bond donors (Lipinski definition) is 1. The van der Waals surface area contributed by atoms with E-state index in [4.69, 9.17) is 4.74 Å². The fourth-order valence-electron chi connectivity index (χ4n) is 5.39. The van der Waals surface area contributed by atoms with Crippen molar-refractivity contribution in [2.75, 3.05) is 30.0 Å². The van der Waals surface area contributed by atoms with Gasteiger partial charge in [-0.3, -0.25) is 0 Å². The van der Waals surface area contributed by atoms with E-state index in [1.165, 1.54) is 30.0 Å². The van der Waals surface area contributed by atoms with Crippen LogP contribution in [0.3, 0.4) is 0 Å². The summed E-state index contributed by atoms with van der Waals surface area (Å²) < 4.78 is 85.1. The number of aromatic nitrogens is 4. The van der Waals surface area contributed by atoms with Gasteiger partial charge in [0.25, 0.3) is 0 Å². The highest BCUT2D eigenvalue weighted by molar-refractivity contribution is 5.98. The van der Waals surface area contributed by atoms with Gasteiger partial charge in [-0.25, -0.2) is 19.0 Å². The molecule has 2 aromatic heterocycles. The molecular weight excluding hydrogens is 610 g/mol. The number of methoxy groups -OCH3 is 1. The van der Waals surface area contributed by atoms with Crippen molar-refractivity contribution >= 4 is 34.9 Å². The SMILES string of the molecule is COC(=O)c1c(C)nn2c1N(c1cccc(C(F)(F)F)c1)CC2.Cc1nn2c(c1C(=O)O)N(c1cccc(C(F)(F)F)c1)CC2. The van der Waals surface area contributed by atoms with Gasteiger partial charge < -0.3 is 19.6 Å². The second-order valence-electron chi connectivity index (χ2n) is 10.2. The number of carboxylic acid groups (broad SMARTS) is 1. The number of carbonyl (C=O) groups is 2. The van der Waals surface area contributed by atoms with E-state index >= 15 is 0 Å². The Morgan fingerprint density at radius 1 is 0.733 bits per heavy atom. The smallest absolute Gasteiger partial charge is 0.416 e. The third kappa shape index (κ3) is 5.91. The average molecular weight is 637 g/mol. The third-order valence-corrected chi connectivity index (χ3v) is 7.36. The number of alkyl halides is 6. The van der Waals surface area contributed by atoms with Gasteiger partial charge in [0.1, 0.15) is 22.8 Å². The van der Waals surface area contributed by atoms with Gasteiger partial charge in [0, 0.05) is 24.5 Å². The molecule has 6 rings (SSSR count). The average Bonchev–Trinajstić information content (AvgIpc) is 3.72. The van der Waals surface area contributed by atoms with E-state index in [0.29, 0.717) is 60.6 Å². The maximum absolute atomic E-state index is 12.9. The first-order valence-corrected chi connectivity index (χ1v) is 13.5. The predicted molar refractivity (Wildman–Crippen MR) is 149 cm³/mol. The van der Waals surface area contributed by atoms with Crippen LogP contribution < -0.4 is 9.80 Å². The van der Waals surface area contributed by atoms with Crippen LogP contribution in [-0.2, 0) is 30.2 Å². The summed E-state index contributed by atoms with van der Waals surface area (Å²) in [6.45, 7) is 4.97. The van der Waals surface area contributed by atoms with Crippen LogP contribution in [0.25, 0.3) is 0 Å². The molecule has 0 atom stereocenters. The van der Waals surface area contributed by atoms with E-state index in [9.17, 15) is 41.0 Å². The van der Waals surface area contributed by atoms with Crippen molar-refractivity contribution in [1.29, 1.82) is 0 Å². The summed E-state index contributed by atoms with van der Waals surface area (Å²) in [5.41, 5.74) is 0.306. The molecule has 0 spiro atoms. The molecule has 0 fully saturated rings. The largest absolute Gasteiger partial charge is 0.477 e. The number of nitrogens with zero attached hydrogens (tertiary/aromatic N) is 6. The number of fused-ring (bicyclic) bond motifs is 2. The molecule has 4 aromatic rings. The first kappa shape index (κ1) is 31.4. The molecule has 45 heavy (non-hydrogen) atoms. The van der Waals surface area contributed by atoms with Gasteiger partial charge in [0.05, 0.1) is 42.7 Å². The predicted octanol–water partition coefficient (Wildman–Crippen LogP) is 6.21. The van der Waals surface area contributed by atoms with Crippen molar-refractivity contribution in [3.8, 4) is 0 Å². The number of carbonyl (C=O) groups excluding carboxylic acids is 1. The standard InChI is InChI=1S/C15H14F3N3O2.C14H12F3N3O2/c1-9-12(14(22)23-2)13-20(6-7-21(13)19-9)11-5-3-4-10(8-11)15(16,17)18;1-8-11(13(21)22)12-19(5-6-20(12)18-8)10-4-2-3-9(7-10)14(15,16)17/h3-5,8H,6-7H2,1-2H3;2-4,7H,5-6H2,1H3,(H,21,22). The van der Waals surface area contributed by atoms with E-state index in [0.717, 1.165) is 24.3 Å². The van der Waals surface area contributed by atoms with Crippen molar-refractivity contribution in [3.63, 3.8) is 0 Å². The van der Waals surface area contributed by atoms with Crippen LogP contribution >= 0.6 is 0 Å². The molecule has 10 nitrogen and oxygen atoms in total.